The number of rotatable bonds is 5. The molecule has 0 bridgehead atoms. The number of amides is 1. The molecule has 1 aromatic heterocycles. The lowest BCUT2D eigenvalue weighted by atomic mass is 10.2. The number of carbonyl (C=O) groups is 2. The summed E-state index contributed by atoms with van der Waals surface area (Å²) in [5.41, 5.74) is 0.545. The molecule has 0 spiro atoms. The Bertz CT molecular complexity index is 842. The highest BCUT2D eigenvalue weighted by Crippen LogP contribution is 2.22. The second-order valence-electron chi connectivity index (χ2n) is 4.76. The molecule has 1 N–H and O–H groups in total. The molecular formula is C14H14N2O5S2. The molecule has 1 aromatic carbocycles. The SMILES string of the molecule is CC(=O)Oc1ccccc1C(=O)Nc1nc(CS(C)(=O)=O)cs1. The smallest absolute Gasteiger partial charge is 0.308 e. The Hall–Kier alpha value is -2.26. The van der Waals surface area contributed by atoms with Crippen LogP contribution < -0.4 is 10.1 Å². The molecule has 0 atom stereocenters. The number of esters is 1. The van der Waals surface area contributed by atoms with Crippen molar-refractivity contribution in [2.75, 3.05) is 11.6 Å². The van der Waals surface area contributed by atoms with E-state index in [4.69, 9.17) is 4.74 Å². The van der Waals surface area contributed by atoms with Crippen molar-refractivity contribution in [3.63, 3.8) is 0 Å². The molecule has 0 radical (unpaired) electrons. The minimum atomic E-state index is -3.19. The monoisotopic (exact) mass is 354 g/mol. The van der Waals surface area contributed by atoms with Crippen LogP contribution in [0.15, 0.2) is 29.6 Å². The van der Waals surface area contributed by atoms with Gasteiger partial charge in [0.2, 0.25) is 0 Å². The van der Waals surface area contributed by atoms with Crippen molar-refractivity contribution in [3.8, 4) is 5.75 Å². The summed E-state index contributed by atoms with van der Waals surface area (Å²) in [4.78, 5) is 27.4. The zero-order chi connectivity index (χ0) is 17.0. The first-order valence-corrected chi connectivity index (χ1v) is 9.39. The van der Waals surface area contributed by atoms with Crippen LogP contribution in [0.5, 0.6) is 5.75 Å². The molecule has 23 heavy (non-hydrogen) atoms. The molecule has 9 heteroatoms. The Balaban J connectivity index is 2.15. The summed E-state index contributed by atoms with van der Waals surface area (Å²) in [7, 11) is -3.19. The first-order valence-electron chi connectivity index (χ1n) is 6.45. The number of hydrogen-bond donors (Lipinski definition) is 1. The quantitative estimate of drug-likeness (QED) is 0.649. The molecule has 0 saturated carbocycles. The van der Waals surface area contributed by atoms with Gasteiger partial charge in [-0.05, 0) is 12.1 Å². The van der Waals surface area contributed by atoms with Gasteiger partial charge in [0, 0.05) is 18.6 Å². The Morgan fingerprint density at radius 2 is 2.00 bits per heavy atom. The summed E-state index contributed by atoms with van der Waals surface area (Å²) in [6.45, 7) is 1.24. The van der Waals surface area contributed by atoms with Crippen molar-refractivity contribution in [1.82, 2.24) is 4.98 Å². The van der Waals surface area contributed by atoms with Crippen molar-refractivity contribution in [3.05, 3.63) is 40.9 Å². The van der Waals surface area contributed by atoms with Crippen molar-refractivity contribution in [2.45, 2.75) is 12.7 Å². The zero-order valence-electron chi connectivity index (χ0n) is 12.4. The number of sulfone groups is 1. The van der Waals surface area contributed by atoms with E-state index in [1.54, 1.807) is 17.5 Å². The number of nitrogens with zero attached hydrogens (tertiary/aromatic N) is 1. The summed E-state index contributed by atoms with van der Waals surface area (Å²) in [6, 6.07) is 6.30. The zero-order valence-corrected chi connectivity index (χ0v) is 14.0. The fourth-order valence-corrected chi connectivity index (χ4v) is 3.26. The number of aromatic nitrogens is 1. The third-order valence-corrected chi connectivity index (χ3v) is 4.19. The standard InChI is InChI=1S/C14H14N2O5S2/c1-9(17)21-12-6-4-3-5-11(12)13(18)16-14-15-10(7-22-14)8-23(2,19)20/h3-7H,8H2,1-2H3,(H,15,16,18). The number of nitrogens with one attached hydrogen (secondary N) is 1. The molecular weight excluding hydrogens is 340 g/mol. The van der Waals surface area contributed by atoms with Crippen LogP contribution in [0.2, 0.25) is 0 Å². The number of thiazole rings is 1. The van der Waals surface area contributed by atoms with Gasteiger partial charge in [0.25, 0.3) is 5.91 Å². The number of benzene rings is 1. The van der Waals surface area contributed by atoms with Crippen molar-refractivity contribution in [1.29, 1.82) is 0 Å². The van der Waals surface area contributed by atoms with Crippen LogP contribution in [0.4, 0.5) is 5.13 Å². The average Bonchev–Trinajstić information content (AvgIpc) is 2.83. The molecule has 1 amide bonds. The second-order valence-corrected chi connectivity index (χ2v) is 7.76. The Morgan fingerprint density at radius 3 is 2.65 bits per heavy atom. The van der Waals surface area contributed by atoms with E-state index >= 15 is 0 Å². The van der Waals surface area contributed by atoms with Crippen molar-refractivity contribution in [2.24, 2.45) is 0 Å². The highest BCUT2D eigenvalue weighted by atomic mass is 32.2. The summed E-state index contributed by atoms with van der Waals surface area (Å²) in [6.07, 6.45) is 1.11. The molecule has 7 nitrogen and oxygen atoms in total. The molecule has 0 aliphatic heterocycles. The first-order chi connectivity index (χ1) is 10.7. The number of carbonyl (C=O) groups excluding carboxylic acids is 2. The topological polar surface area (TPSA) is 102 Å². The van der Waals surface area contributed by atoms with Gasteiger partial charge in [-0.25, -0.2) is 13.4 Å². The first kappa shape index (κ1) is 17.1. The summed E-state index contributed by atoms with van der Waals surface area (Å²) < 4.78 is 27.4. The van der Waals surface area contributed by atoms with Crippen LogP contribution in [0.25, 0.3) is 0 Å². The molecule has 1 heterocycles. The van der Waals surface area contributed by atoms with Crippen molar-refractivity contribution < 1.29 is 22.7 Å². The van der Waals surface area contributed by atoms with Crippen LogP contribution in [-0.4, -0.2) is 31.5 Å². The maximum absolute atomic E-state index is 12.3. The van der Waals surface area contributed by atoms with Gasteiger partial charge in [-0.3, -0.25) is 14.9 Å². The second kappa shape index (κ2) is 6.88. The van der Waals surface area contributed by atoms with Crippen LogP contribution >= 0.6 is 11.3 Å². The van der Waals surface area contributed by atoms with E-state index in [1.807, 2.05) is 0 Å². The van der Waals surface area contributed by atoms with E-state index in [1.165, 1.54) is 19.1 Å². The molecule has 2 aromatic rings. The van der Waals surface area contributed by atoms with E-state index in [0.29, 0.717) is 5.69 Å². The van der Waals surface area contributed by atoms with Gasteiger partial charge in [-0.2, -0.15) is 0 Å². The lowest BCUT2D eigenvalue weighted by molar-refractivity contribution is -0.131. The Kier molecular flexibility index (Phi) is 5.12. The maximum Gasteiger partial charge on any atom is 0.308 e. The van der Waals surface area contributed by atoms with Crippen LogP contribution in [0.3, 0.4) is 0 Å². The van der Waals surface area contributed by atoms with Gasteiger partial charge >= 0.3 is 5.97 Å². The van der Waals surface area contributed by atoms with E-state index in [0.717, 1.165) is 17.6 Å². The highest BCUT2D eigenvalue weighted by Gasteiger charge is 2.16. The normalized spacial score (nSPS) is 11.0. The van der Waals surface area contributed by atoms with Gasteiger partial charge in [0.15, 0.2) is 15.0 Å². The average molecular weight is 354 g/mol. The lowest BCUT2D eigenvalue weighted by Crippen LogP contribution is -2.14. The third kappa shape index (κ3) is 5.15. The number of anilines is 1. The van der Waals surface area contributed by atoms with Gasteiger partial charge in [0.1, 0.15) is 5.75 Å². The predicted octanol–water partition coefficient (Wildman–Crippen LogP) is 1.87. The Labute approximate surface area is 137 Å². The fraction of sp³-hybridized carbons (Fsp3) is 0.214. The van der Waals surface area contributed by atoms with Crippen LogP contribution in [-0.2, 0) is 20.4 Å². The fourth-order valence-electron chi connectivity index (χ4n) is 1.76. The number of ether oxygens (including phenoxy) is 1. The largest absolute Gasteiger partial charge is 0.426 e. The molecule has 0 aliphatic carbocycles. The molecule has 0 unspecified atom stereocenters. The van der Waals surface area contributed by atoms with Crippen LogP contribution in [0.1, 0.15) is 23.0 Å². The van der Waals surface area contributed by atoms with Gasteiger partial charge in [-0.15, -0.1) is 11.3 Å². The summed E-state index contributed by atoms with van der Waals surface area (Å²) >= 11 is 1.12. The Morgan fingerprint density at radius 1 is 1.30 bits per heavy atom. The summed E-state index contributed by atoms with van der Waals surface area (Å²) in [5, 5.41) is 4.39. The maximum atomic E-state index is 12.3. The van der Waals surface area contributed by atoms with Crippen molar-refractivity contribution >= 4 is 38.2 Å². The van der Waals surface area contributed by atoms with E-state index in [2.05, 4.69) is 10.3 Å². The predicted molar refractivity (Wildman–Crippen MR) is 86.4 cm³/mol. The summed E-state index contributed by atoms with van der Waals surface area (Å²) in [5.74, 6) is -1.08. The number of para-hydroxylation sites is 1. The highest BCUT2D eigenvalue weighted by molar-refractivity contribution is 7.89. The van der Waals surface area contributed by atoms with Gasteiger partial charge < -0.3 is 4.74 Å². The van der Waals surface area contributed by atoms with Gasteiger partial charge in [0.05, 0.1) is 17.0 Å². The molecule has 0 saturated heterocycles. The van der Waals surface area contributed by atoms with E-state index in [-0.39, 0.29) is 22.2 Å². The van der Waals surface area contributed by atoms with E-state index < -0.39 is 21.7 Å². The minimum Gasteiger partial charge on any atom is -0.426 e. The number of hydrogen-bond acceptors (Lipinski definition) is 7. The molecule has 122 valence electrons. The molecule has 0 aliphatic rings. The third-order valence-electron chi connectivity index (χ3n) is 2.57. The lowest BCUT2D eigenvalue weighted by Gasteiger charge is -2.07. The van der Waals surface area contributed by atoms with Crippen LogP contribution in [0, 0.1) is 0 Å². The molecule has 2 rings (SSSR count). The van der Waals surface area contributed by atoms with E-state index in [9.17, 15) is 18.0 Å². The van der Waals surface area contributed by atoms with Gasteiger partial charge in [-0.1, -0.05) is 12.1 Å². The molecule has 0 fully saturated rings. The minimum absolute atomic E-state index is 0.144.